The lowest BCUT2D eigenvalue weighted by Gasteiger charge is -2.30. The van der Waals surface area contributed by atoms with Crippen molar-refractivity contribution in [2.24, 2.45) is 0 Å². The minimum absolute atomic E-state index is 0.169. The van der Waals surface area contributed by atoms with E-state index in [-0.39, 0.29) is 11.6 Å². The zero-order valence-corrected chi connectivity index (χ0v) is 10.0. The van der Waals surface area contributed by atoms with Crippen LogP contribution in [0.4, 0.5) is 0 Å². The third-order valence-electron chi connectivity index (χ3n) is 3.38. The molecule has 3 rings (SSSR count). The van der Waals surface area contributed by atoms with Crippen molar-refractivity contribution in [2.75, 3.05) is 13.2 Å². The minimum atomic E-state index is 0.169. The summed E-state index contributed by atoms with van der Waals surface area (Å²) in [6.07, 6.45) is 2.39. The molecule has 2 fully saturated rings. The van der Waals surface area contributed by atoms with Gasteiger partial charge < -0.3 is 10.1 Å². The molecule has 1 saturated heterocycles. The van der Waals surface area contributed by atoms with Crippen LogP contribution in [0.1, 0.15) is 30.1 Å². The lowest BCUT2D eigenvalue weighted by molar-refractivity contribution is -0.0150. The van der Waals surface area contributed by atoms with Gasteiger partial charge in [-0.1, -0.05) is 11.6 Å². The Kier molecular flexibility index (Phi) is 2.42. The van der Waals surface area contributed by atoms with Gasteiger partial charge in [0, 0.05) is 12.2 Å². The first-order valence-corrected chi connectivity index (χ1v) is 6.06. The van der Waals surface area contributed by atoms with Crippen LogP contribution in [-0.4, -0.2) is 23.7 Å². The maximum absolute atomic E-state index is 5.96. The summed E-state index contributed by atoms with van der Waals surface area (Å²) in [7, 11) is 0. The summed E-state index contributed by atoms with van der Waals surface area (Å²) in [4.78, 5) is 4.17. The molecule has 4 heteroatoms. The molecule has 2 aliphatic rings. The van der Waals surface area contributed by atoms with Crippen molar-refractivity contribution in [3.8, 4) is 0 Å². The van der Waals surface area contributed by atoms with E-state index in [1.54, 1.807) is 0 Å². The van der Waals surface area contributed by atoms with Crippen LogP contribution in [0.2, 0.25) is 5.15 Å². The van der Waals surface area contributed by atoms with Gasteiger partial charge in [-0.05, 0) is 37.5 Å². The van der Waals surface area contributed by atoms with Gasteiger partial charge in [-0.15, -0.1) is 0 Å². The summed E-state index contributed by atoms with van der Waals surface area (Å²) < 4.78 is 5.90. The van der Waals surface area contributed by atoms with E-state index in [9.17, 15) is 0 Å². The van der Waals surface area contributed by atoms with Crippen LogP contribution in [-0.2, 0) is 4.74 Å². The first kappa shape index (κ1) is 10.5. The van der Waals surface area contributed by atoms with E-state index in [4.69, 9.17) is 16.3 Å². The van der Waals surface area contributed by atoms with Crippen molar-refractivity contribution in [3.05, 3.63) is 28.5 Å². The highest BCUT2D eigenvalue weighted by atomic mass is 35.5. The Morgan fingerprint density at radius 1 is 1.50 bits per heavy atom. The van der Waals surface area contributed by atoms with Crippen LogP contribution < -0.4 is 5.32 Å². The van der Waals surface area contributed by atoms with Crippen molar-refractivity contribution < 1.29 is 4.74 Å². The van der Waals surface area contributed by atoms with Gasteiger partial charge >= 0.3 is 0 Å². The molecule has 0 radical (unpaired) electrons. The van der Waals surface area contributed by atoms with E-state index in [0.29, 0.717) is 5.15 Å². The summed E-state index contributed by atoms with van der Waals surface area (Å²) >= 11 is 5.96. The summed E-state index contributed by atoms with van der Waals surface area (Å²) in [5.41, 5.74) is 2.30. The molecule has 1 N–H and O–H groups in total. The Morgan fingerprint density at radius 2 is 2.31 bits per heavy atom. The third-order valence-corrected chi connectivity index (χ3v) is 3.57. The lowest BCUT2D eigenvalue weighted by atomic mass is 10.1. The highest BCUT2D eigenvalue weighted by Gasteiger charge is 2.46. The molecule has 3 nitrogen and oxygen atoms in total. The Labute approximate surface area is 100 Å². The molecule has 1 aromatic rings. The third kappa shape index (κ3) is 1.95. The van der Waals surface area contributed by atoms with Gasteiger partial charge in [0.25, 0.3) is 0 Å². The number of ether oxygens (including phenoxy) is 1. The largest absolute Gasteiger partial charge is 0.372 e. The number of nitrogens with one attached hydrogen (secondary N) is 1. The van der Waals surface area contributed by atoms with Crippen molar-refractivity contribution in [1.82, 2.24) is 10.3 Å². The number of pyridine rings is 1. The van der Waals surface area contributed by atoms with Crippen molar-refractivity contribution in [2.45, 2.75) is 31.4 Å². The molecule has 86 valence electrons. The van der Waals surface area contributed by atoms with Crippen molar-refractivity contribution in [1.29, 1.82) is 0 Å². The van der Waals surface area contributed by atoms with Gasteiger partial charge in [-0.3, -0.25) is 0 Å². The van der Waals surface area contributed by atoms with Crippen LogP contribution >= 0.6 is 11.6 Å². The first-order valence-electron chi connectivity index (χ1n) is 5.68. The molecular formula is C12H15ClN2O. The highest BCUT2D eigenvalue weighted by Crippen LogP contribution is 2.42. The predicted octanol–water partition coefficient (Wildman–Crippen LogP) is 2.24. The van der Waals surface area contributed by atoms with Gasteiger partial charge in [-0.25, -0.2) is 4.98 Å². The molecule has 1 aliphatic heterocycles. The van der Waals surface area contributed by atoms with E-state index in [0.717, 1.165) is 18.8 Å². The normalized spacial score (nSPS) is 27.0. The van der Waals surface area contributed by atoms with Gasteiger partial charge in [0.15, 0.2) is 0 Å². The Balaban J connectivity index is 1.77. The zero-order chi connectivity index (χ0) is 11.2. The van der Waals surface area contributed by atoms with Gasteiger partial charge in [0.1, 0.15) is 5.15 Å². The van der Waals surface area contributed by atoms with E-state index in [1.165, 1.54) is 18.4 Å². The molecular weight excluding hydrogens is 224 g/mol. The van der Waals surface area contributed by atoms with Gasteiger partial charge in [0.05, 0.1) is 18.2 Å². The Morgan fingerprint density at radius 3 is 2.88 bits per heavy atom. The van der Waals surface area contributed by atoms with E-state index in [2.05, 4.69) is 16.4 Å². The van der Waals surface area contributed by atoms with Crippen LogP contribution in [0.3, 0.4) is 0 Å². The molecule has 1 spiro atoms. The molecule has 1 unspecified atom stereocenters. The van der Waals surface area contributed by atoms with Crippen LogP contribution in [0.25, 0.3) is 0 Å². The molecule has 2 heterocycles. The zero-order valence-electron chi connectivity index (χ0n) is 9.29. The van der Waals surface area contributed by atoms with E-state index >= 15 is 0 Å². The number of aryl methyl sites for hydroxylation is 1. The monoisotopic (exact) mass is 238 g/mol. The quantitative estimate of drug-likeness (QED) is 0.762. The fraction of sp³-hybridized carbons (Fsp3) is 0.583. The highest BCUT2D eigenvalue weighted by molar-refractivity contribution is 6.29. The number of hydrogen-bond donors (Lipinski definition) is 1. The summed E-state index contributed by atoms with van der Waals surface area (Å²) in [5, 5.41) is 4.09. The summed E-state index contributed by atoms with van der Waals surface area (Å²) in [6, 6.07) is 4.24. The first-order chi connectivity index (χ1) is 7.67. The number of morpholine rings is 1. The molecule has 1 aliphatic carbocycles. The molecule has 0 bridgehead atoms. The molecule has 0 aromatic carbocycles. The van der Waals surface area contributed by atoms with Crippen molar-refractivity contribution >= 4 is 11.6 Å². The summed E-state index contributed by atoms with van der Waals surface area (Å²) in [5.74, 6) is 0. The average molecular weight is 239 g/mol. The fourth-order valence-corrected chi connectivity index (χ4v) is 2.47. The summed E-state index contributed by atoms with van der Waals surface area (Å²) in [6.45, 7) is 3.65. The number of hydrogen-bond acceptors (Lipinski definition) is 3. The standard InChI is InChI=1S/C12H15ClN2O/c1-8-4-9(5-11(13)15-8)10-6-16-12(2-3-12)7-14-10/h4-5,10,14H,2-3,6-7H2,1H3. The van der Waals surface area contributed by atoms with Crippen LogP contribution in [0.15, 0.2) is 12.1 Å². The predicted molar refractivity (Wildman–Crippen MR) is 62.6 cm³/mol. The lowest BCUT2D eigenvalue weighted by Crippen LogP contribution is -2.42. The molecule has 0 amide bonds. The maximum atomic E-state index is 5.96. The second-order valence-electron chi connectivity index (χ2n) is 4.79. The molecule has 1 aromatic heterocycles. The van der Waals surface area contributed by atoms with Gasteiger partial charge in [-0.2, -0.15) is 0 Å². The van der Waals surface area contributed by atoms with E-state index in [1.807, 2.05) is 13.0 Å². The van der Waals surface area contributed by atoms with E-state index < -0.39 is 0 Å². The molecule has 1 atom stereocenters. The SMILES string of the molecule is Cc1cc(C2COC3(CC3)CN2)cc(Cl)n1. The van der Waals surface area contributed by atoms with Gasteiger partial charge in [0.2, 0.25) is 0 Å². The smallest absolute Gasteiger partial charge is 0.129 e. The van der Waals surface area contributed by atoms with Crippen molar-refractivity contribution in [3.63, 3.8) is 0 Å². The fourth-order valence-electron chi connectivity index (χ4n) is 2.21. The molecule has 16 heavy (non-hydrogen) atoms. The topological polar surface area (TPSA) is 34.1 Å². The number of rotatable bonds is 1. The average Bonchev–Trinajstić information content (AvgIpc) is 2.97. The minimum Gasteiger partial charge on any atom is -0.372 e. The number of aromatic nitrogens is 1. The maximum Gasteiger partial charge on any atom is 0.129 e. The Hall–Kier alpha value is -0.640. The Bertz CT molecular complexity index is 387. The second-order valence-corrected chi connectivity index (χ2v) is 5.18. The van der Waals surface area contributed by atoms with Crippen LogP contribution in [0, 0.1) is 6.92 Å². The second kappa shape index (κ2) is 3.69. The van der Waals surface area contributed by atoms with Crippen LogP contribution in [0.5, 0.6) is 0 Å². The molecule has 1 saturated carbocycles. The number of nitrogens with zero attached hydrogens (tertiary/aromatic N) is 1. The number of halogens is 1.